The third kappa shape index (κ3) is 3.97. The van der Waals surface area contributed by atoms with E-state index in [-0.39, 0.29) is 0 Å². The molecule has 29 heavy (non-hydrogen) atoms. The number of nitrogens with zero attached hydrogens (tertiary/aromatic N) is 2. The molecule has 1 aliphatic heterocycles. The van der Waals surface area contributed by atoms with Crippen LogP contribution in [-0.2, 0) is 0 Å². The van der Waals surface area contributed by atoms with Gasteiger partial charge in [0.15, 0.2) is 0 Å². The average Bonchev–Trinajstić information content (AvgIpc) is 2.76. The maximum absolute atomic E-state index is 8.02. The van der Waals surface area contributed by atoms with Gasteiger partial charge in [-0.25, -0.2) is 4.99 Å². The Morgan fingerprint density at radius 2 is 2.00 bits per heavy atom. The molecule has 2 heterocycles. The lowest BCUT2D eigenvalue weighted by Gasteiger charge is -2.31. The number of allylic oxidation sites excluding steroid dienone is 2. The summed E-state index contributed by atoms with van der Waals surface area (Å²) >= 11 is 3.62. The minimum atomic E-state index is 0.338. The van der Waals surface area contributed by atoms with E-state index < -0.39 is 0 Å². The number of aliphatic imine (C=N–C) groups is 1. The monoisotopic (exact) mass is 452 g/mol. The van der Waals surface area contributed by atoms with Crippen molar-refractivity contribution < 1.29 is 0 Å². The van der Waals surface area contributed by atoms with Gasteiger partial charge in [-0.05, 0) is 66.2 Å². The Balaban J connectivity index is 1.73. The quantitative estimate of drug-likeness (QED) is 0.526. The van der Waals surface area contributed by atoms with Gasteiger partial charge in [-0.3, -0.25) is 4.98 Å². The molecule has 1 aromatic carbocycles. The molecule has 0 radical (unpaired) electrons. The molecule has 1 aliphatic carbocycles. The normalized spacial score (nSPS) is 24.1. The second-order valence-electron chi connectivity index (χ2n) is 7.63. The van der Waals surface area contributed by atoms with Crippen molar-refractivity contribution in [3.63, 3.8) is 0 Å². The van der Waals surface area contributed by atoms with E-state index in [1.54, 1.807) is 6.20 Å². The Bertz CT molecular complexity index is 1030. The molecule has 0 spiro atoms. The van der Waals surface area contributed by atoms with Crippen molar-refractivity contribution in [3.8, 4) is 0 Å². The second-order valence-corrected chi connectivity index (χ2v) is 8.42. The fraction of sp³-hybridized carbons (Fsp3) is 0.318. The third-order valence-corrected chi connectivity index (χ3v) is 6.65. The Hall–Kier alpha value is -2.51. The molecule has 0 unspecified atom stereocenters. The van der Waals surface area contributed by atoms with Gasteiger partial charge >= 0.3 is 0 Å². The molecule has 1 saturated carbocycles. The van der Waals surface area contributed by atoms with Crippen molar-refractivity contribution in [3.05, 3.63) is 58.2 Å². The molecule has 150 valence electrons. The first-order chi connectivity index (χ1) is 14.1. The zero-order valence-electron chi connectivity index (χ0n) is 16.2. The minimum absolute atomic E-state index is 0.338. The summed E-state index contributed by atoms with van der Waals surface area (Å²) in [7, 11) is 0. The average molecular weight is 453 g/mol. The Labute approximate surface area is 178 Å². The summed E-state index contributed by atoms with van der Waals surface area (Å²) in [5.41, 5.74) is 15.5. The molecule has 2 aliphatic rings. The van der Waals surface area contributed by atoms with Crippen LogP contribution in [0.1, 0.15) is 31.2 Å². The molecule has 6 nitrogen and oxygen atoms in total. The standard InChI is InChI=1S/C22H25BrN6/c23-19-20(14-7-5-13(10-24)6-8-14)28-22(29-21(19)26)17(11-25)16-9-15-3-1-2-4-18(15)27-12-16/h1-4,9,11-14,25,29H,5-8,10,24,26H2/b22-17+,25-11?. The van der Waals surface area contributed by atoms with E-state index in [2.05, 4.69) is 26.2 Å². The summed E-state index contributed by atoms with van der Waals surface area (Å²) in [6, 6.07) is 9.97. The molecule has 1 aromatic heterocycles. The van der Waals surface area contributed by atoms with E-state index in [1.165, 1.54) is 6.21 Å². The van der Waals surface area contributed by atoms with Crippen molar-refractivity contribution in [2.45, 2.75) is 25.7 Å². The van der Waals surface area contributed by atoms with Gasteiger partial charge in [0.1, 0.15) is 11.6 Å². The van der Waals surface area contributed by atoms with Crippen molar-refractivity contribution in [2.24, 2.45) is 28.3 Å². The maximum atomic E-state index is 8.02. The number of hydrogen-bond donors (Lipinski definition) is 4. The number of pyridine rings is 1. The van der Waals surface area contributed by atoms with Crippen LogP contribution in [0, 0.1) is 17.2 Å². The summed E-state index contributed by atoms with van der Waals surface area (Å²) in [4.78, 5) is 9.43. The Kier molecular flexibility index (Phi) is 5.78. The van der Waals surface area contributed by atoms with Crippen molar-refractivity contribution in [2.75, 3.05) is 6.54 Å². The van der Waals surface area contributed by atoms with Crippen LogP contribution in [-0.4, -0.2) is 23.5 Å². The SMILES string of the molecule is N=C/C(=C1/N=C(C2CCC(CN)CC2)C(Br)=C(N)N1)c1cnc2ccccc2c1. The van der Waals surface area contributed by atoms with Crippen LogP contribution in [0.15, 0.2) is 57.6 Å². The largest absolute Gasteiger partial charge is 0.384 e. The van der Waals surface area contributed by atoms with E-state index in [1.807, 2.05) is 30.3 Å². The number of hydrogen-bond acceptors (Lipinski definition) is 6. The molecular formula is C22H25BrN6. The van der Waals surface area contributed by atoms with Crippen molar-refractivity contribution >= 4 is 44.3 Å². The van der Waals surface area contributed by atoms with Crippen molar-refractivity contribution in [1.82, 2.24) is 10.3 Å². The highest BCUT2D eigenvalue weighted by Crippen LogP contribution is 2.35. The Morgan fingerprint density at radius 3 is 2.72 bits per heavy atom. The van der Waals surface area contributed by atoms with Gasteiger partial charge in [-0.1, -0.05) is 18.2 Å². The molecule has 0 bridgehead atoms. The topological polar surface area (TPSA) is 113 Å². The highest BCUT2D eigenvalue weighted by atomic mass is 79.9. The number of para-hydroxylation sites is 1. The van der Waals surface area contributed by atoms with Gasteiger partial charge in [0, 0.05) is 34.9 Å². The van der Waals surface area contributed by atoms with E-state index >= 15 is 0 Å². The number of benzene rings is 1. The van der Waals surface area contributed by atoms with E-state index in [9.17, 15) is 0 Å². The number of fused-ring (bicyclic) bond motifs is 1. The fourth-order valence-corrected chi connectivity index (χ4v) is 4.61. The molecule has 7 heteroatoms. The summed E-state index contributed by atoms with van der Waals surface area (Å²) in [6.45, 7) is 0.748. The van der Waals surface area contributed by atoms with Crippen LogP contribution < -0.4 is 16.8 Å². The number of nitrogens with two attached hydrogens (primary N) is 2. The van der Waals surface area contributed by atoms with Crippen LogP contribution in [0.25, 0.3) is 16.5 Å². The molecule has 6 N–H and O–H groups in total. The minimum Gasteiger partial charge on any atom is -0.384 e. The third-order valence-electron chi connectivity index (χ3n) is 5.81. The van der Waals surface area contributed by atoms with Gasteiger partial charge < -0.3 is 22.2 Å². The summed E-state index contributed by atoms with van der Waals surface area (Å²) in [5.74, 6) is 2.06. The second kappa shape index (κ2) is 8.47. The van der Waals surface area contributed by atoms with Crippen molar-refractivity contribution in [1.29, 1.82) is 5.41 Å². The summed E-state index contributed by atoms with van der Waals surface area (Å²) < 4.78 is 0.818. The van der Waals surface area contributed by atoms with Crippen LogP contribution in [0.3, 0.4) is 0 Å². The predicted octanol–water partition coefficient (Wildman–Crippen LogP) is 3.88. The Morgan fingerprint density at radius 1 is 1.24 bits per heavy atom. The van der Waals surface area contributed by atoms with Gasteiger partial charge in [0.25, 0.3) is 0 Å². The molecule has 4 rings (SSSR count). The smallest absolute Gasteiger partial charge is 0.141 e. The molecule has 1 fully saturated rings. The van der Waals surface area contributed by atoms with Crippen LogP contribution in [0.2, 0.25) is 0 Å². The zero-order valence-corrected chi connectivity index (χ0v) is 17.7. The van der Waals surface area contributed by atoms with E-state index in [4.69, 9.17) is 21.9 Å². The van der Waals surface area contributed by atoms with Gasteiger partial charge in [0.05, 0.1) is 15.7 Å². The van der Waals surface area contributed by atoms with E-state index in [0.29, 0.717) is 29.1 Å². The first-order valence-corrected chi connectivity index (χ1v) is 10.7. The lowest BCUT2D eigenvalue weighted by atomic mass is 9.79. The molecule has 0 atom stereocenters. The number of aromatic nitrogens is 1. The highest BCUT2D eigenvalue weighted by Gasteiger charge is 2.29. The van der Waals surface area contributed by atoms with Gasteiger partial charge in [0.2, 0.25) is 0 Å². The zero-order chi connectivity index (χ0) is 20.4. The molecular weight excluding hydrogens is 428 g/mol. The van der Waals surface area contributed by atoms with Crippen LogP contribution in [0.5, 0.6) is 0 Å². The number of halogens is 1. The van der Waals surface area contributed by atoms with E-state index in [0.717, 1.165) is 58.9 Å². The van der Waals surface area contributed by atoms with Crippen LogP contribution in [0.4, 0.5) is 0 Å². The number of rotatable bonds is 4. The summed E-state index contributed by atoms with van der Waals surface area (Å²) in [5, 5.41) is 12.2. The fourth-order valence-electron chi connectivity index (χ4n) is 4.09. The van der Waals surface area contributed by atoms with Gasteiger partial charge in [-0.15, -0.1) is 0 Å². The summed E-state index contributed by atoms with van der Waals surface area (Å²) in [6.07, 6.45) is 7.41. The highest BCUT2D eigenvalue weighted by molar-refractivity contribution is 9.12. The first kappa shape index (κ1) is 19.8. The molecule has 2 aromatic rings. The van der Waals surface area contributed by atoms with Gasteiger partial charge in [-0.2, -0.15) is 0 Å². The lowest BCUT2D eigenvalue weighted by Crippen LogP contribution is -2.33. The molecule has 0 amide bonds. The first-order valence-electron chi connectivity index (χ1n) is 9.92. The van der Waals surface area contributed by atoms with Crippen LogP contribution >= 0.6 is 15.9 Å². The number of nitrogens with one attached hydrogen (secondary N) is 2. The predicted molar refractivity (Wildman–Crippen MR) is 123 cm³/mol. The maximum Gasteiger partial charge on any atom is 0.141 e. The lowest BCUT2D eigenvalue weighted by molar-refractivity contribution is 0.329. The molecule has 0 saturated heterocycles.